The number of thiophene rings is 2. The third-order valence-electron chi connectivity index (χ3n) is 7.74. The van der Waals surface area contributed by atoms with E-state index in [1.54, 1.807) is 18.3 Å². The zero-order valence-corrected chi connectivity index (χ0v) is 27.4. The molecule has 0 bridgehead atoms. The van der Waals surface area contributed by atoms with Crippen molar-refractivity contribution in [2.45, 2.75) is 88.9 Å². The average molecular weight is 689 g/mol. The van der Waals surface area contributed by atoms with E-state index in [-0.39, 0.29) is 17.7 Å². The zero-order valence-electron chi connectivity index (χ0n) is 22.5. The lowest BCUT2D eigenvalue weighted by molar-refractivity contribution is -0.149. The minimum absolute atomic E-state index is 0.0350. The van der Waals surface area contributed by atoms with E-state index in [0.717, 1.165) is 86.9 Å². The first kappa shape index (κ1) is 31.2. The van der Waals surface area contributed by atoms with E-state index in [4.69, 9.17) is 9.47 Å². The van der Waals surface area contributed by atoms with Crippen molar-refractivity contribution in [3.8, 4) is 0 Å². The molecule has 2 aromatic rings. The molecule has 2 aromatic heterocycles. The average Bonchev–Trinajstić information content (AvgIpc) is 3.52. The Bertz CT molecular complexity index is 1090. The molecular weight excluding hydrogens is 652 g/mol. The lowest BCUT2D eigenvalue weighted by Gasteiger charge is -2.34. The lowest BCUT2D eigenvalue weighted by atomic mass is 9.70. The molecule has 0 amide bonds. The Morgan fingerprint density at radius 1 is 0.737 bits per heavy atom. The van der Waals surface area contributed by atoms with Crippen molar-refractivity contribution in [2.24, 2.45) is 0 Å². The molecule has 0 unspecified atom stereocenters. The standard InChI is InChI=1S/C15H19BrO2S.C14H17BrO3S/c1-10(2)12-9-11(13(16)19-12)15(14(17)18-3)7-5-4-6-8-15;1-9(16)11-8-10(12(15)19-11)14(13(17)18-2)6-4-3-5-7-14/h9H,1,4-8H2,2-3H3;8H,3-7H2,1-2H3. The number of hydrogen-bond donors (Lipinski definition) is 0. The highest BCUT2D eigenvalue weighted by Gasteiger charge is 2.45. The van der Waals surface area contributed by atoms with Gasteiger partial charge in [0, 0.05) is 4.88 Å². The van der Waals surface area contributed by atoms with E-state index in [1.807, 2.05) is 13.0 Å². The van der Waals surface area contributed by atoms with Crippen LogP contribution in [0.5, 0.6) is 0 Å². The molecule has 0 aliphatic heterocycles. The van der Waals surface area contributed by atoms with E-state index in [9.17, 15) is 14.4 Å². The lowest BCUT2D eigenvalue weighted by Crippen LogP contribution is -2.38. The number of carbonyl (C=O) groups excluding carboxylic acids is 3. The Balaban J connectivity index is 0.000000211. The molecule has 2 aliphatic carbocycles. The molecule has 0 radical (unpaired) electrons. The molecule has 2 saturated carbocycles. The summed E-state index contributed by atoms with van der Waals surface area (Å²) in [7, 11) is 2.92. The highest BCUT2D eigenvalue weighted by Crippen LogP contribution is 2.48. The van der Waals surface area contributed by atoms with Gasteiger partial charge in [-0.25, -0.2) is 0 Å². The maximum atomic E-state index is 12.4. The van der Waals surface area contributed by atoms with Gasteiger partial charge in [0.1, 0.15) is 0 Å². The monoisotopic (exact) mass is 686 g/mol. The van der Waals surface area contributed by atoms with E-state index in [1.165, 1.54) is 32.0 Å². The summed E-state index contributed by atoms with van der Waals surface area (Å²) in [4.78, 5) is 38.0. The molecule has 0 spiro atoms. The minimum atomic E-state index is -0.573. The quantitative estimate of drug-likeness (QED) is 0.224. The number of methoxy groups -OCH3 is 2. The molecule has 4 rings (SSSR count). The second-order valence-electron chi connectivity index (χ2n) is 10.2. The second-order valence-corrected chi connectivity index (χ2v) is 14.9. The number of carbonyl (C=O) groups is 3. The number of esters is 2. The van der Waals surface area contributed by atoms with Gasteiger partial charge in [-0.1, -0.05) is 45.1 Å². The van der Waals surface area contributed by atoms with Crippen molar-refractivity contribution in [1.82, 2.24) is 0 Å². The van der Waals surface area contributed by atoms with Crippen LogP contribution in [-0.2, 0) is 29.9 Å². The van der Waals surface area contributed by atoms with Crippen LogP contribution in [0.1, 0.15) is 104 Å². The van der Waals surface area contributed by atoms with Crippen LogP contribution in [0.3, 0.4) is 0 Å². The number of halogens is 2. The van der Waals surface area contributed by atoms with Crippen LogP contribution in [-0.4, -0.2) is 31.9 Å². The van der Waals surface area contributed by atoms with E-state index >= 15 is 0 Å². The summed E-state index contributed by atoms with van der Waals surface area (Å²) in [5, 5.41) is 0. The molecular formula is C29H36Br2O5S2. The van der Waals surface area contributed by atoms with Gasteiger partial charge < -0.3 is 9.47 Å². The number of allylic oxidation sites excluding steroid dienone is 1. The number of rotatable bonds is 6. The first-order chi connectivity index (χ1) is 18.0. The van der Waals surface area contributed by atoms with Crippen molar-refractivity contribution in [3.63, 3.8) is 0 Å². The molecule has 0 aromatic carbocycles. The molecule has 9 heteroatoms. The highest BCUT2D eigenvalue weighted by molar-refractivity contribution is 9.11. The fraction of sp³-hybridized carbons (Fsp3) is 0.552. The third kappa shape index (κ3) is 6.37. The van der Waals surface area contributed by atoms with Crippen molar-refractivity contribution in [3.05, 3.63) is 47.2 Å². The van der Waals surface area contributed by atoms with Crippen molar-refractivity contribution < 1.29 is 23.9 Å². The normalized spacial score (nSPS) is 18.1. The first-order valence-electron chi connectivity index (χ1n) is 13.0. The predicted molar refractivity (Wildman–Crippen MR) is 162 cm³/mol. The Morgan fingerprint density at radius 2 is 1.11 bits per heavy atom. The molecule has 0 N–H and O–H groups in total. The van der Waals surface area contributed by atoms with Gasteiger partial charge in [-0.15, -0.1) is 22.7 Å². The molecule has 2 heterocycles. The fourth-order valence-corrected chi connectivity index (χ4v) is 9.46. The summed E-state index contributed by atoms with van der Waals surface area (Å²) in [5.41, 5.74) is 2.01. The second kappa shape index (κ2) is 13.4. The van der Waals surface area contributed by atoms with Gasteiger partial charge in [0.2, 0.25) is 0 Å². The SMILES string of the molecule is C=C(C)c1cc(C2(C(=O)OC)CCCCC2)c(Br)s1.COC(=O)C1(c2cc(C(C)=O)sc2Br)CCCCC1. The summed E-state index contributed by atoms with van der Waals surface area (Å²) >= 11 is 10.2. The topological polar surface area (TPSA) is 69.7 Å². The summed E-state index contributed by atoms with van der Waals surface area (Å²) in [5.74, 6) is -0.243. The van der Waals surface area contributed by atoms with E-state index in [2.05, 4.69) is 44.5 Å². The van der Waals surface area contributed by atoms with E-state index in [0.29, 0.717) is 4.88 Å². The molecule has 0 atom stereocenters. The van der Waals surface area contributed by atoms with Gasteiger partial charge in [-0.3, -0.25) is 14.4 Å². The predicted octanol–water partition coefficient (Wildman–Crippen LogP) is 9.01. The van der Waals surface area contributed by atoms with Gasteiger partial charge in [-0.05, 0) is 100 Å². The van der Waals surface area contributed by atoms with Gasteiger partial charge in [0.05, 0.1) is 37.5 Å². The van der Waals surface area contributed by atoms with Crippen LogP contribution in [0.2, 0.25) is 0 Å². The van der Waals surface area contributed by atoms with Crippen LogP contribution < -0.4 is 0 Å². The molecule has 38 heavy (non-hydrogen) atoms. The molecule has 0 saturated heterocycles. The van der Waals surface area contributed by atoms with Gasteiger partial charge in [-0.2, -0.15) is 0 Å². The Morgan fingerprint density at radius 3 is 1.39 bits per heavy atom. The van der Waals surface area contributed by atoms with Gasteiger partial charge in [0.15, 0.2) is 5.78 Å². The number of ether oxygens (including phenoxy) is 2. The summed E-state index contributed by atoms with van der Waals surface area (Å²) < 4.78 is 12.0. The Kier molecular flexibility index (Phi) is 11.0. The smallest absolute Gasteiger partial charge is 0.316 e. The third-order valence-corrected chi connectivity index (χ3v) is 11.7. The maximum Gasteiger partial charge on any atom is 0.316 e. The molecule has 5 nitrogen and oxygen atoms in total. The summed E-state index contributed by atoms with van der Waals surface area (Å²) in [6.07, 6.45) is 9.92. The van der Waals surface area contributed by atoms with Crippen LogP contribution in [0, 0.1) is 0 Å². The van der Waals surface area contributed by atoms with Crippen molar-refractivity contribution in [1.29, 1.82) is 0 Å². The van der Waals surface area contributed by atoms with Gasteiger partial charge in [0.25, 0.3) is 0 Å². The summed E-state index contributed by atoms with van der Waals surface area (Å²) in [6.45, 7) is 7.53. The minimum Gasteiger partial charge on any atom is -0.468 e. The highest BCUT2D eigenvalue weighted by atomic mass is 79.9. The fourth-order valence-electron chi connectivity index (χ4n) is 5.64. The zero-order chi connectivity index (χ0) is 28.1. The van der Waals surface area contributed by atoms with E-state index < -0.39 is 10.8 Å². The van der Waals surface area contributed by atoms with Crippen LogP contribution in [0.4, 0.5) is 0 Å². The molecule has 208 valence electrons. The molecule has 2 aliphatic rings. The van der Waals surface area contributed by atoms with Gasteiger partial charge >= 0.3 is 11.9 Å². The number of hydrogen-bond acceptors (Lipinski definition) is 7. The van der Waals surface area contributed by atoms with Crippen LogP contribution in [0.25, 0.3) is 5.57 Å². The maximum absolute atomic E-state index is 12.4. The Labute approximate surface area is 250 Å². The van der Waals surface area contributed by atoms with Crippen LogP contribution >= 0.6 is 54.5 Å². The summed E-state index contributed by atoms with van der Waals surface area (Å²) in [6, 6.07) is 3.97. The Hall–Kier alpha value is -1.29. The first-order valence-corrected chi connectivity index (χ1v) is 16.2. The largest absolute Gasteiger partial charge is 0.468 e. The van der Waals surface area contributed by atoms with Crippen molar-refractivity contribution in [2.75, 3.05) is 14.2 Å². The van der Waals surface area contributed by atoms with Crippen LogP contribution in [0.15, 0.2) is 26.3 Å². The van der Waals surface area contributed by atoms with Crippen molar-refractivity contribution >= 4 is 77.8 Å². The number of Topliss-reactive ketones (excluding diaryl/α,β-unsaturated/α-hetero) is 1. The molecule has 2 fully saturated rings. The number of ketones is 1.